The van der Waals surface area contributed by atoms with Gasteiger partial charge in [0.25, 0.3) is 0 Å². The van der Waals surface area contributed by atoms with E-state index in [4.69, 9.17) is 9.47 Å². The molecular weight excluding hydrogens is 445 g/mol. The van der Waals surface area contributed by atoms with Gasteiger partial charge < -0.3 is 14.8 Å². The zero-order chi connectivity index (χ0) is 18.1. The second-order valence-corrected chi connectivity index (χ2v) is 6.96. The van der Waals surface area contributed by atoms with Crippen molar-refractivity contribution in [2.24, 2.45) is 0 Å². The van der Waals surface area contributed by atoms with Crippen LogP contribution in [0.4, 0.5) is 5.95 Å². The summed E-state index contributed by atoms with van der Waals surface area (Å²) in [5, 5.41) is 15.3. The number of fused-ring (bicyclic) bond motifs is 1. The van der Waals surface area contributed by atoms with Crippen LogP contribution >= 0.6 is 22.6 Å². The zero-order valence-corrected chi connectivity index (χ0v) is 16.3. The van der Waals surface area contributed by atoms with Crippen LogP contribution in [0.3, 0.4) is 0 Å². The van der Waals surface area contributed by atoms with Crippen molar-refractivity contribution in [2.45, 2.75) is 6.04 Å². The van der Waals surface area contributed by atoms with E-state index >= 15 is 0 Å². The van der Waals surface area contributed by atoms with Crippen LogP contribution in [0.1, 0.15) is 17.2 Å². The number of halogens is 1. The van der Waals surface area contributed by atoms with Crippen molar-refractivity contribution in [1.82, 2.24) is 20.2 Å². The first kappa shape index (κ1) is 16.8. The van der Waals surface area contributed by atoms with Gasteiger partial charge >= 0.3 is 0 Å². The molecule has 2 aromatic carbocycles. The number of allylic oxidation sites excluding steroid dienone is 1. The molecule has 1 N–H and O–H groups in total. The first-order valence-corrected chi connectivity index (χ1v) is 9.02. The number of tetrazole rings is 1. The molecule has 0 aliphatic carbocycles. The number of methoxy groups -OCH3 is 2. The molecule has 0 radical (unpaired) electrons. The largest absolute Gasteiger partial charge is 0.497 e. The molecule has 1 aromatic heterocycles. The molecule has 1 unspecified atom stereocenters. The van der Waals surface area contributed by atoms with Crippen molar-refractivity contribution in [2.75, 3.05) is 19.5 Å². The first-order valence-electron chi connectivity index (χ1n) is 7.94. The second kappa shape index (κ2) is 6.94. The van der Waals surface area contributed by atoms with Gasteiger partial charge in [0.15, 0.2) is 0 Å². The molecule has 0 spiro atoms. The van der Waals surface area contributed by atoms with Gasteiger partial charge in [0.1, 0.15) is 17.5 Å². The maximum Gasteiger partial charge on any atom is 0.248 e. The Balaban J connectivity index is 1.85. The van der Waals surface area contributed by atoms with Crippen molar-refractivity contribution in [3.05, 3.63) is 63.2 Å². The van der Waals surface area contributed by atoms with Gasteiger partial charge in [-0.15, -0.1) is 0 Å². The Morgan fingerprint density at radius 3 is 2.62 bits per heavy atom. The molecule has 0 bridgehead atoms. The maximum absolute atomic E-state index is 5.56. The van der Waals surface area contributed by atoms with Gasteiger partial charge in [-0.1, -0.05) is 17.2 Å². The van der Waals surface area contributed by atoms with Crippen LogP contribution in [-0.4, -0.2) is 34.4 Å². The number of hydrogen-bond acceptors (Lipinski definition) is 6. The highest BCUT2D eigenvalue weighted by Crippen LogP contribution is 2.37. The fourth-order valence-electron chi connectivity index (χ4n) is 2.94. The molecule has 3 aromatic rings. The molecule has 1 atom stereocenters. The van der Waals surface area contributed by atoms with Crippen LogP contribution in [0.5, 0.6) is 11.5 Å². The summed E-state index contributed by atoms with van der Waals surface area (Å²) in [5.74, 6) is 2.08. The van der Waals surface area contributed by atoms with Crippen LogP contribution in [0.25, 0.3) is 5.70 Å². The van der Waals surface area contributed by atoms with E-state index in [1.807, 2.05) is 18.2 Å². The molecule has 26 heavy (non-hydrogen) atoms. The Hall–Kier alpha value is -2.62. The van der Waals surface area contributed by atoms with E-state index in [-0.39, 0.29) is 6.04 Å². The summed E-state index contributed by atoms with van der Waals surface area (Å²) in [5.41, 5.74) is 2.93. The third-order valence-electron chi connectivity index (χ3n) is 4.24. The molecule has 0 fully saturated rings. The maximum atomic E-state index is 5.56. The van der Waals surface area contributed by atoms with Gasteiger partial charge in [-0.05, 0) is 75.0 Å². The number of benzene rings is 2. The number of rotatable bonds is 4. The fraction of sp³-hybridized carbons (Fsp3) is 0.167. The minimum Gasteiger partial charge on any atom is -0.497 e. The minimum atomic E-state index is -0.222. The molecular formula is C18H16IN5O2. The summed E-state index contributed by atoms with van der Waals surface area (Å²) in [7, 11) is 3.29. The first-order chi connectivity index (χ1) is 12.7. The highest BCUT2D eigenvalue weighted by Gasteiger charge is 2.27. The third-order valence-corrected chi connectivity index (χ3v) is 4.96. The van der Waals surface area contributed by atoms with Gasteiger partial charge in [0, 0.05) is 14.8 Å². The van der Waals surface area contributed by atoms with Crippen molar-refractivity contribution in [1.29, 1.82) is 0 Å². The Morgan fingerprint density at radius 2 is 1.88 bits per heavy atom. The SMILES string of the molecule is COc1ccc(OC)c(C2C=C(c3ccc(I)cc3)Nc3nnnn32)c1. The number of ether oxygens (including phenoxy) is 2. The highest BCUT2D eigenvalue weighted by atomic mass is 127. The number of nitrogens with one attached hydrogen (secondary N) is 1. The van der Waals surface area contributed by atoms with E-state index in [1.165, 1.54) is 3.57 Å². The molecule has 7 nitrogen and oxygen atoms in total. The van der Waals surface area contributed by atoms with Crippen LogP contribution < -0.4 is 14.8 Å². The summed E-state index contributed by atoms with van der Waals surface area (Å²) in [6, 6.07) is 13.8. The molecule has 1 aliphatic heterocycles. The molecule has 0 amide bonds. The van der Waals surface area contributed by atoms with Crippen LogP contribution in [-0.2, 0) is 0 Å². The Labute approximate surface area is 164 Å². The lowest BCUT2D eigenvalue weighted by atomic mass is 10.0. The van der Waals surface area contributed by atoms with E-state index < -0.39 is 0 Å². The molecule has 0 saturated heterocycles. The molecule has 132 valence electrons. The third kappa shape index (κ3) is 3.00. The van der Waals surface area contributed by atoms with Crippen molar-refractivity contribution < 1.29 is 9.47 Å². The Bertz CT molecular complexity index is 968. The second-order valence-electron chi connectivity index (χ2n) is 5.71. The monoisotopic (exact) mass is 461 g/mol. The molecule has 1 aliphatic rings. The summed E-state index contributed by atoms with van der Waals surface area (Å²) in [4.78, 5) is 0. The standard InChI is InChI=1S/C18H16IN5O2/c1-25-13-7-8-17(26-2)14(9-13)16-10-15(11-3-5-12(19)6-4-11)20-18-21-22-23-24(16)18/h3-10,16H,1-2H3,(H,20,21,23). The van der Waals surface area contributed by atoms with Crippen LogP contribution in [0, 0.1) is 3.57 Å². The van der Waals surface area contributed by atoms with E-state index in [1.54, 1.807) is 18.9 Å². The highest BCUT2D eigenvalue weighted by molar-refractivity contribution is 14.1. The van der Waals surface area contributed by atoms with Gasteiger partial charge in [-0.25, -0.2) is 0 Å². The number of hydrogen-bond donors (Lipinski definition) is 1. The zero-order valence-electron chi connectivity index (χ0n) is 14.2. The number of aromatic nitrogens is 4. The van der Waals surface area contributed by atoms with Gasteiger partial charge in [-0.2, -0.15) is 4.68 Å². The van der Waals surface area contributed by atoms with Crippen LogP contribution in [0.2, 0.25) is 0 Å². The lowest BCUT2D eigenvalue weighted by molar-refractivity contribution is 0.393. The average Bonchev–Trinajstić information content (AvgIpc) is 3.16. The Morgan fingerprint density at radius 1 is 1.08 bits per heavy atom. The summed E-state index contributed by atoms with van der Waals surface area (Å²) >= 11 is 2.29. The number of nitrogens with zero attached hydrogens (tertiary/aromatic N) is 4. The van der Waals surface area contributed by atoms with Gasteiger partial charge in [-0.3, -0.25) is 0 Å². The Kier molecular flexibility index (Phi) is 4.49. The molecule has 8 heteroatoms. The molecule has 2 heterocycles. The van der Waals surface area contributed by atoms with E-state index in [2.05, 4.69) is 73.8 Å². The molecule has 4 rings (SSSR count). The normalized spacial score (nSPS) is 15.7. The summed E-state index contributed by atoms with van der Waals surface area (Å²) in [6.07, 6.45) is 2.09. The molecule has 0 saturated carbocycles. The fourth-order valence-corrected chi connectivity index (χ4v) is 3.30. The van der Waals surface area contributed by atoms with E-state index in [9.17, 15) is 0 Å². The van der Waals surface area contributed by atoms with Crippen LogP contribution in [0.15, 0.2) is 48.5 Å². The minimum absolute atomic E-state index is 0.222. The van der Waals surface area contributed by atoms with Crippen molar-refractivity contribution >= 4 is 34.2 Å². The van der Waals surface area contributed by atoms with Gasteiger partial charge in [0.05, 0.1) is 14.2 Å². The van der Waals surface area contributed by atoms with Crippen molar-refractivity contribution in [3.63, 3.8) is 0 Å². The summed E-state index contributed by atoms with van der Waals surface area (Å²) in [6.45, 7) is 0. The topological polar surface area (TPSA) is 74.1 Å². The predicted octanol–water partition coefficient (Wildman–Crippen LogP) is 3.35. The smallest absolute Gasteiger partial charge is 0.248 e. The lowest BCUT2D eigenvalue weighted by Gasteiger charge is -2.25. The predicted molar refractivity (Wildman–Crippen MR) is 106 cm³/mol. The van der Waals surface area contributed by atoms with Crippen molar-refractivity contribution in [3.8, 4) is 11.5 Å². The number of anilines is 1. The van der Waals surface area contributed by atoms with Gasteiger partial charge in [0.2, 0.25) is 5.95 Å². The lowest BCUT2D eigenvalue weighted by Crippen LogP contribution is -2.20. The van der Waals surface area contributed by atoms with E-state index in [0.29, 0.717) is 5.95 Å². The quantitative estimate of drug-likeness (QED) is 0.601. The average molecular weight is 461 g/mol. The summed E-state index contributed by atoms with van der Waals surface area (Å²) < 4.78 is 13.9. The van der Waals surface area contributed by atoms with E-state index in [0.717, 1.165) is 28.3 Å².